The minimum absolute atomic E-state index is 0.0254. The predicted octanol–water partition coefficient (Wildman–Crippen LogP) is 1.87. The lowest BCUT2D eigenvalue weighted by Gasteiger charge is -2.39. The van der Waals surface area contributed by atoms with Crippen LogP contribution in [0.25, 0.3) is 0 Å². The Bertz CT molecular complexity index is 331. The molecule has 0 saturated heterocycles. The molecule has 2 aliphatic carbocycles. The lowest BCUT2D eigenvalue weighted by atomic mass is 9.79. The molecule has 2 saturated carbocycles. The van der Waals surface area contributed by atoms with Gasteiger partial charge in [-0.15, -0.1) is 0 Å². The zero-order valence-corrected chi connectivity index (χ0v) is 10.9. The largest absolute Gasteiger partial charge is 0.481 e. The maximum Gasteiger partial charge on any atom is 0.315 e. The molecule has 3 N–H and O–H groups in total. The second-order valence-corrected chi connectivity index (χ2v) is 5.90. The summed E-state index contributed by atoms with van der Waals surface area (Å²) >= 11 is 0. The predicted molar refractivity (Wildman–Crippen MR) is 67.3 cm³/mol. The first-order valence-corrected chi connectivity index (χ1v) is 6.80. The Morgan fingerprint density at radius 2 is 1.78 bits per heavy atom. The molecule has 18 heavy (non-hydrogen) atoms. The molecule has 0 aromatic heterocycles. The van der Waals surface area contributed by atoms with E-state index in [-0.39, 0.29) is 23.5 Å². The van der Waals surface area contributed by atoms with Crippen molar-refractivity contribution in [3.05, 3.63) is 0 Å². The number of aliphatic carboxylic acids is 1. The van der Waals surface area contributed by atoms with Crippen molar-refractivity contribution >= 4 is 12.0 Å². The molecular formula is C13H22N2O3. The molecule has 0 spiro atoms. The number of carbonyl (C=O) groups is 2. The quantitative estimate of drug-likeness (QED) is 0.719. The summed E-state index contributed by atoms with van der Waals surface area (Å²) in [4.78, 5) is 22.6. The van der Waals surface area contributed by atoms with Crippen LogP contribution in [0.5, 0.6) is 0 Å². The van der Waals surface area contributed by atoms with Crippen LogP contribution in [0, 0.1) is 5.92 Å². The van der Waals surface area contributed by atoms with Gasteiger partial charge in [-0.3, -0.25) is 4.79 Å². The van der Waals surface area contributed by atoms with E-state index in [0.29, 0.717) is 12.8 Å². The van der Waals surface area contributed by atoms with E-state index >= 15 is 0 Å². The van der Waals surface area contributed by atoms with Crippen LogP contribution < -0.4 is 10.6 Å². The van der Waals surface area contributed by atoms with Gasteiger partial charge in [0.1, 0.15) is 0 Å². The number of hydrogen-bond acceptors (Lipinski definition) is 2. The Hall–Kier alpha value is -1.26. The van der Waals surface area contributed by atoms with E-state index in [1.54, 1.807) is 0 Å². The van der Waals surface area contributed by atoms with Crippen LogP contribution in [-0.4, -0.2) is 28.7 Å². The Balaban J connectivity index is 1.71. The summed E-state index contributed by atoms with van der Waals surface area (Å²) < 4.78 is 0. The molecule has 0 unspecified atom stereocenters. The van der Waals surface area contributed by atoms with Crippen molar-refractivity contribution in [3.8, 4) is 0 Å². The zero-order valence-electron chi connectivity index (χ0n) is 10.9. The van der Waals surface area contributed by atoms with Crippen LogP contribution in [0.1, 0.15) is 51.9 Å². The zero-order chi connectivity index (χ0) is 13.2. The minimum atomic E-state index is -0.708. The van der Waals surface area contributed by atoms with E-state index in [4.69, 9.17) is 5.11 Å². The second kappa shape index (κ2) is 5.16. The molecule has 0 aromatic carbocycles. The maximum atomic E-state index is 11.8. The summed E-state index contributed by atoms with van der Waals surface area (Å²) in [7, 11) is 0. The fraction of sp³-hybridized carbons (Fsp3) is 0.846. The van der Waals surface area contributed by atoms with Gasteiger partial charge in [0.15, 0.2) is 0 Å². The molecule has 2 fully saturated rings. The minimum Gasteiger partial charge on any atom is -0.481 e. The molecule has 5 nitrogen and oxygen atoms in total. The SMILES string of the molecule is CC1(NC(=O)NC2CCC(C(=O)O)CC2)CCC1. The number of nitrogens with one attached hydrogen (secondary N) is 2. The van der Waals surface area contributed by atoms with Crippen LogP contribution in [0.4, 0.5) is 4.79 Å². The highest BCUT2D eigenvalue weighted by Gasteiger charge is 2.34. The summed E-state index contributed by atoms with van der Waals surface area (Å²) in [5.41, 5.74) is -0.0254. The second-order valence-electron chi connectivity index (χ2n) is 5.90. The van der Waals surface area contributed by atoms with E-state index < -0.39 is 5.97 Å². The highest BCUT2D eigenvalue weighted by molar-refractivity contribution is 5.75. The molecule has 102 valence electrons. The Morgan fingerprint density at radius 1 is 1.17 bits per heavy atom. The number of carbonyl (C=O) groups excluding carboxylic acids is 1. The monoisotopic (exact) mass is 254 g/mol. The first-order valence-electron chi connectivity index (χ1n) is 6.80. The van der Waals surface area contributed by atoms with E-state index in [1.165, 1.54) is 6.42 Å². The van der Waals surface area contributed by atoms with Crippen molar-refractivity contribution in [1.29, 1.82) is 0 Å². The molecule has 2 aliphatic rings. The summed E-state index contributed by atoms with van der Waals surface area (Å²) in [5, 5.41) is 14.9. The molecule has 0 aliphatic heterocycles. The first kappa shape index (κ1) is 13.2. The summed E-state index contributed by atoms with van der Waals surface area (Å²) in [6.07, 6.45) is 6.14. The van der Waals surface area contributed by atoms with Crippen LogP contribution in [-0.2, 0) is 4.79 Å². The van der Waals surface area contributed by atoms with Crippen molar-refractivity contribution in [2.75, 3.05) is 0 Å². The number of urea groups is 1. The van der Waals surface area contributed by atoms with E-state index in [0.717, 1.165) is 25.7 Å². The van der Waals surface area contributed by atoms with Crippen molar-refractivity contribution in [2.24, 2.45) is 5.92 Å². The lowest BCUT2D eigenvalue weighted by Crippen LogP contribution is -2.56. The van der Waals surface area contributed by atoms with Gasteiger partial charge >= 0.3 is 12.0 Å². The van der Waals surface area contributed by atoms with Crippen molar-refractivity contribution in [3.63, 3.8) is 0 Å². The average Bonchev–Trinajstić information content (AvgIpc) is 2.27. The van der Waals surface area contributed by atoms with Gasteiger partial charge in [0.05, 0.1) is 5.92 Å². The maximum absolute atomic E-state index is 11.8. The van der Waals surface area contributed by atoms with Gasteiger partial charge < -0.3 is 15.7 Å². The number of hydrogen-bond donors (Lipinski definition) is 3. The molecule has 2 rings (SSSR count). The fourth-order valence-corrected chi connectivity index (χ4v) is 2.81. The lowest BCUT2D eigenvalue weighted by molar-refractivity contribution is -0.142. The third-order valence-electron chi connectivity index (χ3n) is 4.28. The first-order chi connectivity index (χ1) is 8.48. The number of carboxylic acid groups (broad SMARTS) is 1. The van der Waals surface area contributed by atoms with Crippen molar-refractivity contribution in [2.45, 2.75) is 63.5 Å². The average molecular weight is 254 g/mol. The van der Waals surface area contributed by atoms with Gasteiger partial charge in [-0.2, -0.15) is 0 Å². The third-order valence-corrected chi connectivity index (χ3v) is 4.28. The Labute approximate surface area is 107 Å². The number of carboxylic acids is 1. The van der Waals surface area contributed by atoms with E-state index in [9.17, 15) is 9.59 Å². The van der Waals surface area contributed by atoms with Gasteiger partial charge in [0.25, 0.3) is 0 Å². The molecule has 0 radical (unpaired) electrons. The molecule has 0 aromatic rings. The summed E-state index contributed by atoms with van der Waals surface area (Å²) in [6, 6.07) is 0.0280. The molecule has 0 heterocycles. The third kappa shape index (κ3) is 3.15. The molecule has 0 bridgehead atoms. The van der Waals surface area contributed by atoms with Gasteiger partial charge in [0.2, 0.25) is 0 Å². The summed E-state index contributed by atoms with van der Waals surface area (Å²) in [5.74, 6) is -0.935. The molecule has 2 amide bonds. The fourth-order valence-electron chi connectivity index (χ4n) is 2.81. The van der Waals surface area contributed by atoms with Crippen LogP contribution in [0.2, 0.25) is 0 Å². The van der Waals surface area contributed by atoms with Crippen LogP contribution in [0.3, 0.4) is 0 Å². The summed E-state index contributed by atoms with van der Waals surface area (Å²) in [6.45, 7) is 2.07. The smallest absolute Gasteiger partial charge is 0.315 e. The molecule has 5 heteroatoms. The molecular weight excluding hydrogens is 232 g/mol. The molecule has 0 atom stereocenters. The Kier molecular flexibility index (Phi) is 3.78. The van der Waals surface area contributed by atoms with Crippen LogP contribution in [0.15, 0.2) is 0 Å². The van der Waals surface area contributed by atoms with Gasteiger partial charge in [0, 0.05) is 11.6 Å². The van der Waals surface area contributed by atoms with Gasteiger partial charge in [-0.25, -0.2) is 4.79 Å². The normalized spacial score (nSPS) is 30.1. The van der Waals surface area contributed by atoms with Gasteiger partial charge in [-0.1, -0.05) is 0 Å². The number of amides is 2. The standard InChI is InChI=1S/C13H22N2O3/c1-13(7-2-8-13)15-12(18)14-10-5-3-9(4-6-10)11(16)17/h9-10H,2-8H2,1H3,(H,16,17)(H2,14,15,18). The highest BCUT2D eigenvalue weighted by atomic mass is 16.4. The van der Waals surface area contributed by atoms with Crippen LogP contribution >= 0.6 is 0 Å². The van der Waals surface area contributed by atoms with Crippen molar-refractivity contribution < 1.29 is 14.7 Å². The van der Waals surface area contributed by atoms with E-state index in [1.807, 2.05) is 0 Å². The topological polar surface area (TPSA) is 78.4 Å². The highest BCUT2D eigenvalue weighted by Crippen LogP contribution is 2.31. The van der Waals surface area contributed by atoms with Crippen molar-refractivity contribution in [1.82, 2.24) is 10.6 Å². The van der Waals surface area contributed by atoms with E-state index in [2.05, 4.69) is 17.6 Å². The number of rotatable bonds is 3. The van der Waals surface area contributed by atoms with Gasteiger partial charge in [-0.05, 0) is 51.9 Å². The Morgan fingerprint density at radius 3 is 2.22 bits per heavy atom.